The predicted molar refractivity (Wildman–Crippen MR) is 70.0 cm³/mol. The van der Waals surface area contributed by atoms with Crippen LogP contribution < -0.4 is 0 Å². The summed E-state index contributed by atoms with van der Waals surface area (Å²) < 4.78 is 31.6. The Labute approximate surface area is 160 Å². The third kappa shape index (κ3) is 17.2. The second kappa shape index (κ2) is 13.8. The summed E-state index contributed by atoms with van der Waals surface area (Å²) in [7, 11) is -4.67. The molecule has 0 heterocycles. The largest absolute Gasteiger partial charge is 0.316 e. The van der Waals surface area contributed by atoms with E-state index in [1.54, 1.807) is 0 Å². The van der Waals surface area contributed by atoms with Crippen molar-refractivity contribution < 1.29 is 53.0 Å². The van der Waals surface area contributed by atoms with Crippen LogP contribution in [-0.4, -0.2) is 146 Å². The first-order valence-corrected chi connectivity index (χ1v) is 5.57. The Hall–Kier alpha value is 1.17. The topological polar surface area (TPSA) is 213 Å². The average Bonchev–Trinajstić information content (AvgIpc) is 2.22. The van der Waals surface area contributed by atoms with Crippen molar-refractivity contribution >= 4 is 77.2 Å². The minimum atomic E-state index is -4.67. The van der Waals surface area contributed by atoms with E-state index in [2.05, 4.69) is 0 Å². The Bertz CT molecular complexity index is 341. The van der Waals surface area contributed by atoms with Gasteiger partial charge in [0.1, 0.15) is 18.3 Å². The molecule has 0 saturated heterocycles. The Morgan fingerprint density at radius 2 is 1.30 bits per heavy atom. The molecule has 0 amide bonds. The number of rotatable bonds is 5. The van der Waals surface area contributed by atoms with Gasteiger partial charge in [0.15, 0.2) is 6.10 Å². The summed E-state index contributed by atoms with van der Waals surface area (Å²) in [6.45, 7) is -0.843. The molecule has 0 aromatic rings. The number of carbonyl (C=O) groups is 1. The molecule has 118 valence electrons. The molecule has 14 heteroatoms. The van der Waals surface area contributed by atoms with E-state index in [9.17, 15) is 4.79 Å². The standard InChI is InChI=1S/C6H12O7.Ca.Mg.H2O4S.4H/c7-1-2(8)3(9)4(10)5(11)6(12)13;;;1-5(2,3)4;;;;/h2-5,7-11H,1H2,(H,12,13);;;(H2,1,2,3,4);;;;/t2-,3-,4+,5-;;;;;;;/m1......./s1. The molecule has 0 aliphatic rings. The SMILES string of the molecule is O=C(O)[C@H](O)[C@@H](O)[C@H](O)[C@H](O)CO.O=S(=O)(O)O.[CaH2].[MgH2]. The Morgan fingerprint density at radius 1 is 1.00 bits per heavy atom. The zero-order valence-electron chi connectivity index (χ0n) is 8.73. The summed E-state index contributed by atoms with van der Waals surface area (Å²) in [4.78, 5) is 10.1. The molecule has 0 fully saturated rings. The molecule has 8 N–H and O–H groups in total. The second-order valence-corrected chi connectivity index (χ2v) is 3.86. The van der Waals surface area contributed by atoms with Gasteiger partial charge in [-0.1, -0.05) is 0 Å². The molecule has 0 unspecified atom stereocenters. The smallest absolute Gasteiger partial charge is 0.316 e. The fourth-order valence-corrected chi connectivity index (χ4v) is 0.668. The molecule has 0 aliphatic carbocycles. The summed E-state index contributed by atoms with van der Waals surface area (Å²) in [5.41, 5.74) is 0. The molecule has 4 atom stereocenters. The predicted octanol–water partition coefficient (Wildman–Crippen LogP) is -5.98. The second-order valence-electron chi connectivity index (χ2n) is 2.96. The fourth-order valence-electron chi connectivity index (χ4n) is 0.668. The monoisotopic (exact) mass is 362 g/mol. The van der Waals surface area contributed by atoms with Gasteiger partial charge in [-0.05, 0) is 0 Å². The molecule has 0 rings (SSSR count). The van der Waals surface area contributed by atoms with Crippen LogP contribution >= 0.6 is 0 Å². The van der Waals surface area contributed by atoms with Gasteiger partial charge in [-0.15, -0.1) is 0 Å². The van der Waals surface area contributed by atoms with Crippen molar-refractivity contribution in [2.75, 3.05) is 6.61 Å². The number of hydrogen-bond acceptors (Lipinski definition) is 8. The summed E-state index contributed by atoms with van der Waals surface area (Å²) >= 11 is 0. The number of aliphatic hydroxyl groups is 5. The minimum absolute atomic E-state index is 0. The van der Waals surface area contributed by atoms with E-state index in [0.717, 1.165) is 0 Å². The zero-order valence-corrected chi connectivity index (χ0v) is 9.54. The van der Waals surface area contributed by atoms with E-state index in [0.29, 0.717) is 0 Å². The summed E-state index contributed by atoms with van der Waals surface area (Å²) in [5.74, 6) is -1.73. The van der Waals surface area contributed by atoms with Crippen LogP contribution in [0.25, 0.3) is 0 Å². The van der Waals surface area contributed by atoms with Crippen LogP contribution in [-0.2, 0) is 15.2 Å². The van der Waals surface area contributed by atoms with Gasteiger partial charge in [-0.2, -0.15) is 8.42 Å². The van der Waals surface area contributed by atoms with E-state index < -0.39 is 47.4 Å². The van der Waals surface area contributed by atoms with Crippen LogP contribution in [0, 0.1) is 0 Å². The van der Waals surface area contributed by atoms with Gasteiger partial charge < -0.3 is 30.6 Å². The van der Waals surface area contributed by atoms with E-state index in [4.69, 9.17) is 48.2 Å². The Kier molecular flexibility index (Phi) is 20.2. The summed E-state index contributed by atoms with van der Waals surface area (Å²) in [6.07, 6.45) is -7.84. The maximum Gasteiger partial charge on any atom is 0.316 e. The van der Waals surface area contributed by atoms with Gasteiger partial charge in [0.25, 0.3) is 0 Å². The number of carboxylic acids is 1. The van der Waals surface area contributed by atoms with Crippen molar-refractivity contribution in [2.24, 2.45) is 0 Å². The summed E-state index contributed by atoms with van der Waals surface area (Å²) in [6, 6.07) is 0. The van der Waals surface area contributed by atoms with E-state index >= 15 is 0 Å². The van der Waals surface area contributed by atoms with Crippen molar-refractivity contribution in [3.05, 3.63) is 0 Å². The third-order valence-electron chi connectivity index (χ3n) is 1.51. The van der Waals surface area contributed by atoms with Crippen LogP contribution in [0.1, 0.15) is 0 Å². The maximum absolute atomic E-state index is 10.1. The van der Waals surface area contributed by atoms with Crippen molar-refractivity contribution in [3.8, 4) is 0 Å². The Morgan fingerprint density at radius 3 is 1.50 bits per heavy atom. The first-order chi connectivity index (χ1) is 7.91. The van der Waals surface area contributed by atoms with Crippen molar-refractivity contribution in [2.45, 2.75) is 24.4 Å². The molecule has 0 aliphatic heterocycles. The molecule has 20 heavy (non-hydrogen) atoms. The van der Waals surface area contributed by atoms with Crippen LogP contribution in [0.4, 0.5) is 0 Å². The molecular formula is C6H18CaMgO11S. The van der Waals surface area contributed by atoms with Crippen molar-refractivity contribution in [3.63, 3.8) is 0 Å². The van der Waals surface area contributed by atoms with Gasteiger partial charge in [-0.3, -0.25) is 9.11 Å². The molecule has 0 bridgehead atoms. The number of carboxylic acid groups (broad SMARTS) is 1. The van der Waals surface area contributed by atoms with Gasteiger partial charge in [-0.25, -0.2) is 4.79 Å². The molecule has 0 radical (unpaired) electrons. The first kappa shape index (κ1) is 29.2. The van der Waals surface area contributed by atoms with Crippen LogP contribution in [0.15, 0.2) is 0 Å². The summed E-state index contributed by atoms with van der Waals surface area (Å²) in [5, 5.41) is 51.8. The number of hydrogen-bond donors (Lipinski definition) is 8. The van der Waals surface area contributed by atoms with E-state index in [-0.39, 0.29) is 60.8 Å². The molecule has 0 aromatic heterocycles. The normalized spacial score (nSPS) is 16.1. The van der Waals surface area contributed by atoms with Crippen LogP contribution in [0.3, 0.4) is 0 Å². The zero-order chi connectivity index (χ0) is 15.1. The van der Waals surface area contributed by atoms with Crippen molar-refractivity contribution in [1.29, 1.82) is 0 Å². The van der Waals surface area contributed by atoms with Gasteiger partial charge in [0.05, 0.1) is 6.61 Å². The number of aliphatic carboxylic acids is 1. The quantitative estimate of drug-likeness (QED) is 0.170. The van der Waals surface area contributed by atoms with Crippen LogP contribution in [0.2, 0.25) is 0 Å². The van der Waals surface area contributed by atoms with Gasteiger partial charge in [0, 0.05) is 0 Å². The number of aliphatic hydroxyl groups excluding tert-OH is 5. The average molecular weight is 363 g/mol. The third-order valence-corrected chi connectivity index (χ3v) is 1.51. The first-order valence-electron chi connectivity index (χ1n) is 4.17. The maximum atomic E-state index is 10.1. The molecule has 0 aromatic carbocycles. The van der Waals surface area contributed by atoms with Crippen LogP contribution in [0.5, 0.6) is 0 Å². The fraction of sp³-hybridized carbons (Fsp3) is 0.833. The van der Waals surface area contributed by atoms with Gasteiger partial charge in [0.2, 0.25) is 0 Å². The van der Waals surface area contributed by atoms with E-state index in [1.165, 1.54) is 0 Å². The minimum Gasteiger partial charge on any atom is 0.316 e. The molecular weight excluding hydrogens is 345 g/mol. The molecule has 11 nitrogen and oxygen atoms in total. The Balaban J connectivity index is -0.000000158. The van der Waals surface area contributed by atoms with E-state index in [1.807, 2.05) is 0 Å². The molecule has 0 spiro atoms. The van der Waals surface area contributed by atoms with Gasteiger partial charge >= 0.3 is 77.2 Å². The van der Waals surface area contributed by atoms with Crippen molar-refractivity contribution in [1.82, 2.24) is 0 Å². The molecule has 0 saturated carbocycles.